The van der Waals surface area contributed by atoms with Crippen LogP contribution in [0.1, 0.15) is 22.8 Å². The predicted molar refractivity (Wildman–Crippen MR) is 459 cm³/mol. The zero-order valence-corrected chi connectivity index (χ0v) is 80.3. The van der Waals surface area contributed by atoms with Gasteiger partial charge in [-0.15, -0.1) is 22.1 Å². The van der Waals surface area contributed by atoms with Crippen LogP contribution < -0.4 is 38.0 Å². The first-order chi connectivity index (χ1) is 47.3. The van der Waals surface area contributed by atoms with E-state index in [1.54, 1.807) is 0 Å². The summed E-state index contributed by atoms with van der Waals surface area (Å²) in [5, 5.41) is 0. The zero-order valence-electron chi connectivity index (χ0n) is 52.0. The number of halogens is 16. The van der Waals surface area contributed by atoms with Crippen LogP contribution in [-0.4, -0.2) is 26.4 Å². The third-order valence-corrected chi connectivity index (χ3v) is 23.0. The minimum atomic E-state index is -0.743. The van der Waals surface area contributed by atoms with Crippen molar-refractivity contribution in [1.29, 1.82) is 0 Å². The van der Waals surface area contributed by atoms with E-state index in [2.05, 4.69) is 399 Å². The number of hydrogen-bond acceptors (Lipinski definition) is 4. The molecule has 0 radical (unpaired) electrons. The zero-order chi connectivity index (χ0) is 70.1. The fraction of sp³-hybridized carbons (Fsp3) is 0.0933. The second-order valence-corrected chi connectivity index (χ2v) is 37.6. The standard InChI is InChI=1S/C46H26Br8N4.C29H20Br8O4.Zn/c1-57-39-7-8-40(57)44(24-13-29(49)20-30(50)14-24)36-4-6-38(56-36)46(26-17-33(53)22-34(54)18-26)42-10-9-41(58(42)2)45(25-15-31(51)21-32(52)16-25)37-5-3-35(55-37)43(39)23-11-27(47)19-28(48)12-23;30-17-1-18(31)6-25(5-17)38-13-29(14-39-26-7-19(32)2-20(33)8-26,15-40-27-9-21(34)3-22(35)10-27)16-41-28-11-23(36)4-24(37)12-28;/h3-22H,1-2H3;1-12H,13-16H2;/q;;+2. The Kier molecular flexibility index (Phi) is 27.5. The minimum absolute atomic E-state index is 0. The van der Waals surface area contributed by atoms with E-state index in [9.17, 15) is 0 Å². The fourth-order valence-electron chi connectivity index (χ4n) is 11.5. The van der Waals surface area contributed by atoms with Crippen LogP contribution in [0.5, 0.6) is 23.0 Å². The maximum atomic E-state index is 6.39. The van der Waals surface area contributed by atoms with Crippen molar-refractivity contribution < 1.29 is 47.6 Å². The molecule has 3 aromatic heterocycles. The molecular weight excluding hydrogens is 2360 g/mol. The average molecular weight is 2410 g/mol. The van der Waals surface area contributed by atoms with Gasteiger partial charge in [-0.2, -0.15) is 9.13 Å². The fourth-order valence-corrected chi connectivity index (χ4v) is 21.6. The summed E-state index contributed by atoms with van der Waals surface area (Å²) in [5.41, 5.74) is 14.8. The molecule has 5 heterocycles. The van der Waals surface area contributed by atoms with Gasteiger partial charge < -0.3 is 28.9 Å². The van der Waals surface area contributed by atoms with Crippen LogP contribution in [0.2, 0.25) is 0 Å². The van der Waals surface area contributed by atoms with E-state index < -0.39 is 5.41 Å². The summed E-state index contributed by atoms with van der Waals surface area (Å²) in [6, 6.07) is 57.1. The van der Waals surface area contributed by atoms with Gasteiger partial charge in [0.15, 0.2) is 0 Å². The Bertz CT molecular complexity index is 4480. The van der Waals surface area contributed by atoms with Gasteiger partial charge in [0.25, 0.3) is 0 Å². The molecule has 0 N–H and O–H groups in total. The predicted octanol–water partition coefficient (Wildman–Crippen LogP) is 27.9. The Hall–Kier alpha value is -2.14. The minimum Gasteiger partial charge on any atom is -0.656 e. The molecule has 2 aliphatic heterocycles. The molecular formula is C75H46Br16N4O4Zn+2. The molecule has 8 bridgehead atoms. The number of ether oxygens (including phenoxy) is 4. The molecule has 25 heteroatoms. The number of rotatable bonds is 16. The van der Waals surface area contributed by atoms with Gasteiger partial charge in [-0.05, 0) is 168 Å². The summed E-state index contributed by atoms with van der Waals surface area (Å²) >= 11 is 58.6. The SMILES string of the molecule is Brc1cc(Br)cc(OCC(COc2cc(Br)cc(Br)c2)(COc2cc(Br)cc(Br)c2)COc2cc(Br)cc(Br)c2)c1.C[n+]1c2c(-c3cc(Br)cc(Br)c3)c3ccc([n-]3)c(-c3cc(Br)cc(Br)c3)c3[n+](C)c(c(-c4cc(Br)cc(Br)c4)c4ccc([n-]4)c(-c4cc(Br)cc(Br)c4)c1C=C2)C=C3.[Zn+2]. The number of fused-ring (bicyclic) bond motifs is 8. The summed E-state index contributed by atoms with van der Waals surface area (Å²) in [6.45, 7) is 0.982. The van der Waals surface area contributed by atoms with Gasteiger partial charge in [-0.1, -0.05) is 279 Å². The Morgan fingerprint density at radius 3 is 0.590 bits per heavy atom. The maximum Gasteiger partial charge on any atom is 2.00 e. The maximum absolute atomic E-state index is 6.39. The van der Waals surface area contributed by atoms with Gasteiger partial charge in [0, 0.05) is 118 Å². The van der Waals surface area contributed by atoms with Crippen molar-refractivity contribution in [2.75, 3.05) is 26.4 Å². The van der Waals surface area contributed by atoms with E-state index in [1.165, 1.54) is 0 Å². The van der Waals surface area contributed by atoms with Crippen molar-refractivity contribution >= 4 is 301 Å². The summed E-state index contributed by atoms with van der Waals surface area (Å²) in [6.07, 6.45) is 8.77. The molecule has 8 nitrogen and oxygen atoms in total. The first kappa shape index (κ1) is 78.9. The largest absolute Gasteiger partial charge is 2.00 e. The molecule has 2 aliphatic rings. The van der Waals surface area contributed by atoms with E-state index in [0.717, 1.165) is 161 Å². The number of benzene rings is 8. The Morgan fingerprint density at radius 2 is 0.420 bits per heavy atom. The summed E-state index contributed by atoms with van der Waals surface area (Å²) in [5.74, 6) is 2.76. The van der Waals surface area contributed by atoms with E-state index in [-0.39, 0.29) is 45.9 Å². The molecule has 100 heavy (non-hydrogen) atoms. The third kappa shape index (κ3) is 19.6. The smallest absolute Gasteiger partial charge is 0.656 e. The molecule has 502 valence electrons. The second-order valence-electron chi connectivity index (χ2n) is 23.0. The van der Waals surface area contributed by atoms with E-state index in [0.29, 0.717) is 23.0 Å². The van der Waals surface area contributed by atoms with Gasteiger partial charge in [0.1, 0.15) is 68.9 Å². The second kappa shape index (κ2) is 34.8. The topological polar surface area (TPSA) is 72.9 Å². The normalized spacial score (nSPS) is 11.7. The van der Waals surface area contributed by atoms with Crippen LogP contribution in [0.15, 0.2) is 241 Å². The van der Waals surface area contributed by atoms with Crippen LogP contribution in [-0.2, 0) is 33.6 Å². The molecule has 0 unspecified atom stereocenters. The molecule has 0 fully saturated rings. The van der Waals surface area contributed by atoms with Gasteiger partial charge in [-0.3, -0.25) is 0 Å². The van der Waals surface area contributed by atoms with Gasteiger partial charge in [-0.25, -0.2) is 0 Å². The molecule has 8 aromatic carbocycles. The number of hydrogen-bond donors (Lipinski definition) is 0. The van der Waals surface area contributed by atoms with Crippen LogP contribution in [0.4, 0.5) is 0 Å². The number of aromatic nitrogens is 4. The van der Waals surface area contributed by atoms with Crippen LogP contribution >= 0.6 is 255 Å². The van der Waals surface area contributed by atoms with Crippen LogP contribution in [0.3, 0.4) is 0 Å². The monoisotopic (exact) mass is 2390 g/mol. The summed E-state index contributed by atoms with van der Waals surface area (Å²) < 4.78 is 44.9. The van der Waals surface area contributed by atoms with E-state index in [4.69, 9.17) is 28.9 Å². The molecule has 0 aliphatic carbocycles. The van der Waals surface area contributed by atoms with Crippen molar-refractivity contribution in [3.05, 3.63) is 264 Å². The summed E-state index contributed by atoms with van der Waals surface area (Å²) in [7, 11) is 4.25. The molecule has 0 saturated heterocycles. The van der Waals surface area contributed by atoms with Crippen molar-refractivity contribution in [3.8, 4) is 67.5 Å². The van der Waals surface area contributed by atoms with Crippen molar-refractivity contribution in [3.63, 3.8) is 0 Å². The Morgan fingerprint density at radius 1 is 0.260 bits per heavy atom. The van der Waals surface area contributed by atoms with Gasteiger partial charge in [0.05, 0.1) is 0 Å². The third-order valence-electron chi connectivity index (χ3n) is 15.7. The van der Waals surface area contributed by atoms with Crippen molar-refractivity contribution in [2.45, 2.75) is 0 Å². The van der Waals surface area contributed by atoms with Gasteiger partial charge in [0.2, 0.25) is 22.8 Å². The first-order valence-electron chi connectivity index (χ1n) is 29.6. The van der Waals surface area contributed by atoms with E-state index in [1.807, 2.05) is 72.8 Å². The van der Waals surface area contributed by atoms with E-state index >= 15 is 0 Å². The van der Waals surface area contributed by atoms with Crippen molar-refractivity contribution in [1.82, 2.24) is 9.97 Å². The Labute approximate surface area is 725 Å². The quantitative estimate of drug-likeness (QED) is 0.0709. The van der Waals surface area contributed by atoms with Crippen molar-refractivity contribution in [2.24, 2.45) is 19.5 Å². The average Bonchev–Trinajstić information content (AvgIpc) is 1.59. The Balaban J connectivity index is 0.000000212. The van der Waals surface area contributed by atoms with Crippen LogP contribution in [0.25, 0.3) is 90.9 Å². The molecule has 0 saturated carbocycles. The molecule has 13 rings (SSSR count). The molecule has 11 aromatic rings. The summed E-state index contributed by atoms with van der Waals surface area (Å²) in [4.78, 5) is 11.0. The first-order valence-corrected chi connectivity index (χ1v) is 42.3. The molecule has 0 amide bonds. The molecule has 0 atom stereocenters. The van der Waals surface area contributed by atoms with Gasteiger partial charge >= 0.3 is 19.5 Å². The van der Waals surface area contributed by atoms with Crippen LogP contribution in [0, 0.1) is 5.41 Å². The molecule has 0 spiro atoms. The number of nitrogens with zero attached hydrogens (tertiary/aromatic N) is 4.